The number of hydrogen-bond donors (Lipinski definition) is 1. The van der Waals surface area contributed by atoms with Crippen LogP contribution in [0.15, 0.2) is 18.2 Å². The van der Waals surface area contributed by atoms with Gasteiger partial charge in [-0.15, -0.1) is 0 Å². The molecule has 0 radical (unpaired) electrons. The summed E-state index contributed by atoms with van der Waals surface area (Å²) in [5.74, 6) is 0.845. The Morgan fingerprint density at radius 2 is 2.12 bits per heavy atom. The van der Waals surface area contributed by atoms with Gasteiger partial charge in [0.1, 0.15) is 11.6 Å². The van der Waals surface area contributed by atoms with Gasteiger partial charge < -0.3 is 15.0 Å². The second-order valence-corrected chi connectivity index (χ2v) is 5.77. The van der Waals surface area contributed by atoms with Gasteiger partial charge in [0.15, 0.2) is 0 Å². The van der Waals surface area contributed by atoms with Crippen LogP contribution in [0.1, 0.15) is 22.0 Å². The molecule has 2 heterocycles. The first-order chi connectivity index (χ1) is 11.5. The number of aromatic nitrogens is 3. The molecule has 0 spiro atoms. The van der Waals surface area contributed by atoms with E-state index in [1.54, 1.807) is 21.7 Å². The molecule has 9 heteroatoms. The highest BCUT2D eigenvalue weighted by Gasteiger charge is 2.24. The third-order valence-electron chi connectivity index (χ3n) is 3.68. The highest BCUT2D eigenvalue weighted by Crippen LogP contribution is 2.22. The molecule has 2 amide bonds. The first-order valence-electron chi connectivity index (χ1n) is 7.32. The fourth-order valence-corrected chi connectivity index (χ4v) is 2.70. The van der Waals surface area contributed by atoms with E-state index in [1.165, 1.54) is 13.2 Å². The molecular weight excluding hydrogens is 334 g/mol. The predicted octanol–water partition coefficient (Wildman–Crippen LogP) is 2.07. The van der Waals surface area contributed by atoms with E-state index in [2.05, 4.69) is 15.4 Å². The molecule has 1 aliphatic rings. The SMILES string of the molecule is COC(=O)c1cc(Cl)ccc1NC(=O)N1CCn2nc(C)nc2C1. The highest BCUT2D eigenvalue weighted by molar-refractivity contribution is 6.31. The van der Waals surface area contributed by atoms with Crippen molar-refractivity contribution in [2.75, 3.05) is 19.0 Å². The van der Waals surface area contributed by atoms with Crippen LogP contribution in [-0.2, 0) is 17.8 Å². The van der Waals surface area contributed by atoms with Crippen LogP contribution in [0.3, 0.4) is 0 Å². The Kier molecular flexibility index (Phi) is 4.39. The third-order valence-corrected chi connectivity index (χ3v) is 3.92. The number of ether oxygens (including phenoxy) is 1. The van der Waals surface area contributed by atoms with E-state index < -0.39 is 5.97 Å². The van der Waals surface area contributed by atoms with Crippen LogP contribution < -0.4 is 5.32 Å². The number of fused-ring (bicyclic) bond motifs is 1. The van der Waals surface area contributed by atoms with Gasteiger partial charge in [-0.2, -0.15) is 5.10 Å². The van der Waals surface area contributed by atoms with Gasteiger partial charge in [0.25, 0.3) is 0 Å². The molecule has 0 fully saturated rings. The van der Waals surface area contributed by atoms with Crippen LogP contribution in [0.2, 0.25) is 5.02 Å². The molecule has 1 N–H and O–H groups in total. The Labute approximate surface area is 143 Å². The fourth-order valence-electron chi connectivity index (χ4n) is 2.53. The maximum atomic E-state index is 12.5. The van der Waals surface area contributed by atoms with Crippen molar-refractivity contribution >= 4 is 29.3 Å². The highest BCUT2D eigenvalue weighted by atomic mass is 35.5. The third kappa shape index (κ3) is 3.18. The standard InChI is InChI=1S/C15H16ClN5O3/c1-9-17-13-8-20(5-6-21(13)19-9)15(23)18-12-4-3-10(16)7-11(12)14(22)24-2/h3-4,7H,5-6,8H2,1-2H3,(H,18,23). The lowest BCUT2D eigenvalue weighted by Gasteiger charge is -2.27. The number of nitrogens with one attached hydrogen (secondary N) is 1. The van der Waals surface area contributed by atoms with Crippen molar-refractivity contribution in [3.05, 3.63) is 40.4 Å². The van der Waals surface area contributed by atoms with Gasteiger partial charge in [0.05, 0.1) is 31.5 Å². The molecule has 0 aliphatic carbocycles. The number of benzene rings is 1. The smallest absolute Gasteiger partial charge is 0.340 e. The van der Waals surface area contributed by atoms with Crippen LogP contribution in [0.5, 0.6) is 0 Å². The molecule has 2 aromatic rings. The number of urea groups is 1. The van der Waals surface area contributed by atoms with E-state index in [1.807, 2.05) is 6.92 Å². The maximum absolute atomic E-state index is 12.5. The van der Waals surface area contributed by atoms with Crippen LogP contribution in [0.4, 0.5) is 10.5 Å². The number of amides is 2. The number of aryl methyl sites for hydroxylation is 1. The fraction of sp³-hybridized carbons (Fsp3) is 0.333. The Bertz CT molecular complexity index is 804. The number of rotatable bonds is 2. The number of esters is 1. The van der Waals surface area contributed by atoms with Gasteiger partial charge in [0, 0.05) is 11.6 Å². The summed E-state index contributed by atoms with van der Waals surface area (Å²) < 4.78 is 6.52. The van der Waals surface area contributed by atoms with Gasteiger partial charge in [-0.1, -0.05) is 11.6 Å². The zero-order valence-corrected chi connectivity index (χ0v) is 14.0. The first kappa shape index (κ1) is 16.3. The van der Waals surface area contributed by atoms with Crippen molar-refractivity contribution in [2.45, 2.75) is 20.0 Å². The summed E-state index contributed by atoms with van der Waals surface area (Å²) in [4.78, 5) is 30.3. The molecule has 8 nitrogen and oxygen atoms in total. The summed E-state index contributed by atoms with van der Waals surface area (Å²) in [7, 11) is 1.27. The van der Waals surface area contributed by atoms with Gasteiger partial charge in [0.2, 0.25) is 0 Å². The molecule has 24 heavy (non-hydrogen) atoms. The summed E-state index contributed by atoms with van der Waals surface area (Å²) >= 11 is 5.91. The summed E-state index contributed by atoms with van der Waals surface area (Å²) in [6.45, 7) is 3.25. The van der Waals surface area contributed by atoms with E-state index in [0.29, 0.717) is 36.2 Å². The van der Waals surface area contributed by atoms with Gasteiger partial charge >= 0.3 is 12.0 Å². The number of nitrogens with zero attached hydrogens (tertiary/aromatic N) is 4. The van der Waals surface area contributed by atoms with Crippen molar-refractivity contribution in [3.63, 3.8) is 0 Å². The van der Waals surface area contributed by atoms with Crippen molar-refractivity contribution in [1.82, 2.24) is 19.7 Å². The van der Waals surface area contributed by atoms with E-state index in [-0.39, 0.29) is 11.6 Å². The van der Waals surface area contributed by atoms with Gasteiger partial charge in [-0.3, -0.25) is 0 Å². The average Bonchev–Trinajstić information content (AvgIpc) is 2.94. The minimum atomic E-state index is -0.568. The van der Waals surface area contributed by atoms with E-state index in [4.69, 9.17) is 16.3 Å². The second kappa shape index (κ2) is 6.48. The molecular formula is C15H16ClN5O3. The number of carbonyl (C=O) groups is 2. The summed E-state index contributed by atoms with van der Waals surface area (Å²) in [6.07, 6.45) is 0. The molecule has 1 aliphatic heterocycles. The Balaban J connectivity index is 1.77. The summed E-state index contributed by atoms with van der Waals surface area (Å²) in [5.41, 5.74) is 0.550. The lowest BCUT2D eigenvalue weighted by Crippen LogP contribution is -2.41. The quantitative estimate of drug-likeness (QED) is 0.838. The maximum Gasteiger partial charge on any atom is 0.340 e. The Morgan fingerprint density at radius 3 is 2.88 bits per heavy atom. The van der Waals surface area contributed by atoms with Gasteiger partial charge in [-0.05, 0) is 25.1 Å². The van der Waals surface area contributed by atoms with Crippen LogP contribution >= 0.6 is 11.6 Å². The van der Waals surface area contributed by atoms with Crippen LogP contribution in [-0.4, -0.2) is 45.3 Å². The molecule has 0 bridgehead atoms. The van der Waals surface area contributed by atoms with E-state index in [9.17, 15) is 9.59 Å². The van der Waals surface area contributed by atoms with E-state index >= 15 is 0 Å². The molecule has 0 atom stereocenters. The normalized spacial score (nSPS) is 13.4. The number of halogens is 1. The first-order valence-corrected chi connectivity index (χ1v) is 7.70. The minimum Gasteiger partial charge on any atom is -0.465 e. The lowest BCUT2D eigenvalue weighted by atomic mass is 10.2. The topological polar surface area (TPSA) is 89.4 Å². The zero-order chi connectivity index (χ0) is 17.3. The van der Waals surface area contributed by atoms with E-state index in [0.717, 1.165) is 5.82 Å². The predicted molar refractivity (Wildman–Crippen MR) is 87.0 cm³/mol. The molecule has 1 aromatic heterocycles. The van der Waals surface area contributed by atoms with Crippen molar-refractivity contribution in [3.8, 4) is 0 Å². The largest absolute Gasteiger partial charge is 0.465 e. The Morgan fingerprint density at radius 1 is 1.33 bits per heavy atom. The molecule has 1 aromatic carbocycles. The summed E-state index contributed by atoms with van der Waals surface area (Å²) in [6, 6.07) is 4.30. The average molecular weight is 350 g/mol. The molecule has 3 rings (SSSR count). The Hall–Kier alpha value is -2.61. The van der Waals surface area contributed by atoms with Gasteiger partial charge in [-0.25, -0.2) is 19.3 Å². The zero-order valence-electron chi connectivity index (χ0n) is 13.2. The van der Waals surface area contributed by atoms with Crippen LogP contribution in [0.25, 0.3) is 0 Å². The number of methoxy groups -OCH3 is 1. The van der Waals surface area contributed by atoms with Crippen molar-refractivity contribution in [2.24, 2.45) is 0 Å². The molecule has 0 saturated carbocycles. The number of anilines is 1. The molecule has 0 unspecified atom stereocenters. The number of hydrogen-bond acceptors (Lipinski definition) is 5. The summed E-state index contributed by atoms with van der Waals surface area (Å²) in [5, 5.41) is 7.37. The molecule has 0 saturated heterocycles. The van der Waals surface area contributed by atoms with Crippen molar-refractivity contribution < 1.29 is 14.3 Å². The van der Waals surface area contributed by atoms with Crippen molar-refractivity contribution in [1.29, 1.82) is 0 Å². The number of carbonyl (C=O) groups excluding carboxylic acids is 2. The lowest BCUT2D eigenvalue weighted by molar-refractivity contribution is 0.0602. The second-order valence-electron chi connectivity index (χ2n) is 5.33. The minimum absolute atomic E-state index is 0.203. The molecule has 126 valence electrons. The van der Waals surface area contributed by atoms with Crippen LogP contribution in [0, 0.1) is 6.92 Å². The monoisotopic (exact) mass is 349 g/mol.